The number of benzene rings is 2. The smallest absolute Gasteiger partial charge is 0.262 e. The molecule has 0 bridgehead atoms. The van der Waals surface area contributed by atoms with Crippen molar-refractivity contribution >= 4 is 29.9 Å². The first kappa shape index (κ1) is 16.4. The number of rotatable bonds is 2. The van der Waals surface area contributed by atoms with Crippen molar-refractivity contribution < 1.29 is 5.11 Å². The maximum atomic E-state index is 12.3. The molecule has 4 rings (SSSR count). The van der Waals surface area contributed by atoms with Crippen molar-refractivity contribution in [3.8, 4) is 11.6 Å². The zero-order valence-electron chi connectivity index (χ0n) is 13.2. The van der Waals surface area contributed by atoms with Crippen LogP contribution in [0.15, 0.2) is 69.1 Å². The van der Waals surface area contributed by atoms with Crippen LogP contribution < -0.4 is 16.3 Å². The van der Waals surface area contributed by atoms with Gasteiger partial charge in [-0.25, -0.2) is 9.98 Å². The van der Waals surface area contributed by atoms with E-state index in [1.807, 2.05) is 24.3 Å². The Morgan fingerprint density at radius 2 is 1.81 bits per heavy atom. The lowest BCUT2D eigenvalue weighted by atomic mass is 10.2. The molecule has 2 heterocycles. The first-order chi connectivity index (χ1) is 12.5. The van der Waals surface area contributed by atoms with E-state index in [0.29, 0.717) is 27.2 Å². The van der Waals surface area contributed by atoms with E-state index in [9.17, 15) is 9.90 Å². The average Bonchev–Trinajstić information content (AvgIpc) is 3.01. The summed E-state index contributed by atoms with van der Waals surface area (Å²) in [5.41, 5.74) is 0.00741. The van der Waals surface area contributed by atoms with E-state index in [2.05, 4.69) is 15.0 Å². The molecule has 0 atom stereocenters. The number of fused-ring (bicyclic) bond motifs is 1. The maximum absolute atomic E-state index is 12.3. The topological polar surface area (TPSA) is 82.7 Å². The van der Waals surface area contributed by atoms with E-state index in [4.69, 9.17) is 23.8 Å². The molecule has 0 fully saturated rings. The quantitative estimate of drug-likeness (QED) is 0.668. The molecule has 0 saturated carbocycles. The molecule has 0 unspecified atom stereocenters. The normalized spacial score (nSPS) is 12.3. The van der Waals surface area contributed by atoms with Gasteiger partial charge in [-0.1, -0.05) is 29.8 Å². The third-order valence-corrected chi connectivity index (χ3v) is 4.33. The molecule has 1 aromatic heterocycles. The first-order valence-corrected chi connectivity index (χ1v) is 8.40. The van der Waals surface area contributed by atoms with Crippen molar-refractivity contribution in [2.75, 3.05) is 0 Å². The van der Waals surface area contributed by atoms with Crippen molar-refractivity contribution in [2.24, 2.45) is 9.98 Å². The highest BCUT2D eigenvalue weighted by atomic mass is 35.5. The van der Waals surface area contributed by atoms with Gasteiger partial charge in [-0.15, -0.1) is 0 Å². The van der Waals surface area contributed by atoms with E-state index in [-0.39, 0.29) is 16.2 Å². The van der Waals surface area contributed by atoms with Gasteiger partial charge in [0.25, 0.3) is 5.56 Å². The van der Waals surface area contributed by atoms with Gasteiger partial charge in [-0.2, -0.15) is 0 Å². The van der Waals surface area contributed by atoms with Crippen molar-refractivity contribution in [2.45, 2.75) is 0 Å². The summed E-state index contributed by atoms with van der Waals surface area (Å²) in [6, 6.07) is 14.1. The highest BCUT2D eigenvalue weighted by Gasteiger charge is 2.14. The number of nitrogens with zero attached hydrogens (tertiary/aromatic N) is 3. The number of aromatic nitrogens is 2. The van der Waals surface area contributed by atoms with E-state index in [0.717, 1.165) is 0 Å². The monoisotopic (exact) mass is 382 g/mol. The molecule has 0 saturated heterocycles. The predicted molar refractivity (Wildman–Crippen MR) is 101 cm³/mol. The first-order valence-electron chi connectivity index (χ1n) is 7.61. The molecular formula is C18H11ClN4O2S. The highest BCUT2D eigenvalue weighted by molar-refractivity contribution is 7.71. The second-order valence-corrected chi connectivity index (χ2v) is 6.35. The number of nitrogens with one attached hydrogen (secondary N) is 1. The Balaban J connectivity index is 1.93. The summed E-state index contributed by atoms with van der Waals surface area (Å²) in [7, 11) is 0. The molecule has 0 amide bonds. The van der Waals surface area contributed by atoms with Crippen LogP contribution in [0.2, 0.25) is 5.02 Å². The number of halogens is 1. The van der Waals surface area contributed by atoms with Crippen LogP contribution >= 0.6 is 23.8 Å². The third kappa shape index (κ3) is 2.87. The predicted octanol–water partition coefficient (Wildman–Crippen LogP) is 2.51. The molecular weight excluding hydrogens is 372 g/mol. The summed E-state index contributed by atoms with van der Waals surface area (Å²) in [5, 5.41) is 12.6. The lowest BCUT2D eigenvalue weighted by Gasteiger charge is -2.11. The largest absolute Gasteiger partial charge is 0.494 e. The molecule has 3 aromatic rings. The SMILES string of the molecule is O=c1[nH]c(=S)n(-c2cccc(Cl)c2)c(O)c1C=C1N=c2ccccc2=N1. The lowest BCUT2D eigenvalue weighted by molar-refractivity contribution is 0.432. The molecule has 26 heavy (non-hydrogen) atoms. The third-order valence-electron chi connectivity index (χ3n) is 3.81. The Morgan fingerprint density at radius 3 is 2.46 bits per heavy atom. The summed E-state index contributed by atoms with van der Waals surface area (Å²) >= 11 is 11.2. The molecule has 0 radical (unpaired) electrons. The molecule has 2 N–H and O–H groups in total. The van der Waals surface area contributed by atoms with Crippen LogP contribution in [0.5, 0.6) is 5.88 Å². The molecule has 0 spiro atoms. The Morgan fingerprint density at radius 1 is 1.12 bits per heavy atom. The molecule has 2 aromatic carbocycles. The Labute approximate surface area is 157 Å². The van der Waals surface area contributed by atoms with Gasteiger partial charge in [0.1, 0.15) is 5.56 Å². The van der Waals surface area contributed by atoms with E-state index in [1.54, 1.807) is 24.3 Å². The second-order valence-electron chi connectivity index (χ2n) is 5.53. The number of para-hydroxylation sites is 2. The summed E-state index contributed by atoms with van der Waals surface area (Å²) in [6.07, 6.45) is 1.42. The number of aromatic hydroxyl groups is 1. The van der Waals surface area contributed by atoms with Crippen molar-refractivity contribution in [1.29, 1.82) is 0 Å². The van der Waals surface area contributed by atoms with Gasteiger partial charge < -0.3 is 5.11 Å². The fraction of sp³-hybridized carbons (Fsp3) is 0. The van der Waals surface area contributed by atoms with Crippen molar-refractivity contribution in [3.05, 3.63) is 90.8 Å². The van der Waals surface area contributed by atoms with E-state index >= 15 is 0 Å². The van der Waals surface area contributed by atoms with Gasteiger partial charge in [0, 0.05) is 11.1 Å². The van der Waals surface area contributed by atoms with Gasteiger partial charge in [0.15, 0.2) is 10.6 Å². The summed E-state index contributed by atoms with van der Waals surface area (Å²) in [4.78, 5) is 23.6. The minimum Gasteiger partial charge on any atom is -0.494 e. The van der Waals surface area contributed by atoms with E-state index < -0.39 is 5.56 Å². The zero-order chi connectivity index (χ0) is 18.3. The summed E-state index contributed by atoms with van der Waals surface area (Å²) in [6.45, 7) is 0. The van der Waals surface area contributed by atoms with Gasteiger partial charge >= 0.3 is 0 Å². The second kappa shape index (κ2) is 6.36. The van der Waals surface area contributed by atoms with Crippen LogP contribution in [0.25, 0.3) is 11.8 Å². The fourth-order valence-electron chi connectivity index (χ4n) is 2.64. The molecule has 128 valence electrons. The number of hydrogen-bond acceptors (Lipinski definition) is 5. The lowest BCUT2D eigenvalue weighted by Crippen LogP contribution is -2.19. The van der Waals surface area contributed by atoms with E-state index in [1.165, 1.54) is 10.6 Å². The molecule has 8 heteroatoms. The minimum atomic E-state index is -0.528. The van der Waals surface area contributed by atoms with Crippen molar-refractivity contribution in [3.63, 3.8) is 0 Å². The zero-order valence-corrected chi connectivity index (χ0v) is 14.8. The molecule has 0 aliphatic carbocycles. The number of hydrogen-bond donors (Lipinski definition) is 2. The Kier molecular flexibility index (Phi) is 4.02. The van der Waals surface area contributed by atoms with Crippen LogP contribution in [-0.2, 0) is 0 Å². The average molecular weight is 383 g/mol. The minimum absolute atomic E-state index is 0.00822. The Bertz CT molecular complexity index is 1270. The standard InChI is InChI=1S/C18H11ClN4O2S/c19-10-4-3-5-11(8-10)23-17(25)12(16(24)22-18(23)26)9-15-20-13-6-1-2-7-14(13)21-15/h1-9,25H,(H,22,24,26). The Hall–Kier alpha value is -3.03. The van der Waals surface area contributed by atoms with Crippen LogP contribution in [0.1, 0.15) is 5.56 Å². The van der Waals surface area contributed by atoms with Gasteiger partial charge in [-0.05, 0) is 42.5 Å². The molecule has 1 aliphatic rings. The fourth-order valence-corrected chi connectivity index (χ4v) is 3.11. The van der Waals surface area contributed by atoms with Crippen molar-refractivity contribution in [1.82, 2.24) is 9.55 Å². The van der Waals surface area contributed by atoms with Gasteiger partial charge in [0.05, 0.1) is 16.4 Å². The van der Waals surface area contributed by atoms with Crippen LogP contribution in [0, 0.1) is 4.77 Å². The maximum Gasteiger partial charge on any atom is 0.262 e. The van der Waals surface area contributed by atoms with Gasteiger partial charge in [-0.3, -0.25) is 14.3 Å². The highest BCUT2D eigenvalue weighted by Crippen LogP contribution is 2.23. The number of aromatic amines is 1. The van der Waals surface area contributed by atoms with Crippen LogP contribution in [-0.4, -0.2) is 14.7 Å². The molecule has 6 nitrogen and oxygen atoms in total. The summed E-state index contributed by atoms with van der Waals surface area (Å²) < 4.78 is 1.39. The molecule has 1 aliphatic heterocycles. The number of H-pyrrole nitrogens is 1. The summed E-state index contributed by atoms with van der Waals surface area (Å²) in [5.74, 6) is 0.0108. The van der Waals surface area contributed by atoms with Gasteiger partial charge in [0.2, 0.25) is 5.88 Å². The van der Waals surface area contributed by atoms with Crippen LogP contribution in [0.4, 0.5) is 0 Å². The van der Waals surface area contributed by atoms with Crippen LogP contribution in [0.3, 0.4) is 0 Å².